The molecule has 86 valence electrons. The highest BCUT2D eigenvalue weighted by Gasteiger charge is 2.29. The molecule has 17 heavy (non-hydrogen) atoms. The number of nitrogens with zero attached hydrogens (tertiary/aromatic N) is 4. The van der Waals surface area contributed by atoms with Gasteiger partial charge >= 0.3 is 5.82 Å². The van der Waals surface area contributed by atoms with Crippen molar-refractivity contribution in [3.8, 4) is 12.1 Å². The summed E-state index contributed by atoms with van der Waals surface area (Å²) in [6.07, 6.45) is -2.86. The van der Waals surface area contributed by atoms with E-state index >= 15 is 0 Å². The predicted octanol–water partition coefficient (Wildman–Crippen LogP) is 1.87. The van der Waals surface area contributed by atoms with Gasteiger partial charge in [0.2, 0.25) is 0 Å². The molecular weight excluding hydrogens is 234 g/mol. The van der Waals surface area contributed by atoms with Crippen LogP contribution in [0.5, 0.6) is 0 Å². The predicted molar refractivity (Wildman–Crippen MR) is 49.9 cm³/mol. The number of hydrogen-bond donors (Lipinski definition) is 0. The van der Waals surface area contributed by atoms with Gasteiger partial charge in [-0.15, -0.1) is 0 Å². The van der Waals surface area contributed by atoms with Crippen molar-refractivity contribution in [1.29, 1.82) is 10.5 Å². The van der Waals surface area contributed by atoms with Gasteiger partial charge in [-0.3, -0.25) is 0 Å². The Morgan fingerprint density at radius 2 is 2.18 bits per heavy atom. The molecule has 1 aromatic rings. The number of pyridine rings is 1. The molecule has 0 aliphatic rings. The lowest BCUT2D eigenvalue weighted by Crippen LogP contribution is -2.06. The van der Waals surface area contributed by atoms with E-state index in [0.717, 1.165) is 6.20 Å². The largest absolute Gasteiger partial charge is 0.372 e. The first-order valence-electron chi connectivity index (χ1n) is 4.24. The van der Waals surface area contributed by atoms with E-state index in [1.165, 1.54) is 0 Å². The minimum atomic E-state index is -3.17. The minimum Gasteiger partial charge on any atom is -0.358 e. The first-order valence-corrected chi connectivity index (χ1v) is 4.24. The molecule has 1 aromatic heterocycles. The fraction of sp³-hybridized carbons (Fsp3) is 0.222. The quantitative estimate of drug-likeness (QED) is 0.590. The molecule has 0 saturated heterocycles. The molecule has 0 aliphatic carbocycles. The molecule has 0 aliphatic heterocycles. The van der Waals surface area contributed by atoms with Crippen molar-refractivity contribution in [2.24, 2.45) is 0 Å². The summed E-state index contributed by atoms with van der Waals surface area (Å²) in [7, 11) is 0. The summed E-state index contributed by atoms with van der Waals surface area (Å²) >= 11 is 0. The van der Waals surface area contributed by atoms with Crippen LogP contribution in [-0.4, -0.2) is 9.91 Å². The van der Waals surface area contributed by atoms with Crippen LogP contribution in [0.2, 0.25) is 0 Å². The van der Waals surface area contributed by atoms with Gasteiger partial charge in [0.1, 0.15) is 17.2 Å². The van der Waals surface area contributed by atoms with Gasteiger partial charge in [-0.1, -0.05) is 0 Å². The fourth-order valence-corrected chi connectivity index (χ4v) is 1.29. The van der Waals surface area contributed by atoms with E-state index in [-0.39, 0.29) is 11.1 Å². The normalized spacial score (nSPS) is 9.71. The SMILES string of the molecule is N#CCc1c(C#N)cnc([N+](=O)[O-])c1C(F)F. The van der Waals surface area contributed by atoms with Gasteiger partial charge in [-0.25, -0.2) is 8.78 Å². The summed E-state index contributed by atoms with van der Waals surface area (Å²) in [5.41, 5.74) is -1.56. The number of nitro groups is 1. The second-order valence-electron chi connectivity index (χ2n) is 2.89. The molecule has 8 heteroatoms. The standard InChI is InChI=1S/C9H4F2N4O2/c10-8(11)7-6(1-2-12)5(3-13)4-14-9(7)15(16)17/h4,8H,1H2. The maximum absolute atomic E-state index is 12.7. The Kier molecular flexibility index (Phi) is 3.62. The zero-order valence-electron chi connectivity index (χ0n) is 8.22. The van der Waals surface area contributed by atoms with Crippen LogP contribution in [0.4, 0.5) is 14.6 Å². The molecule has 0 atom stereocenters. The molecule has 6 nitrogen and oxygen atoms in total. The van der Waals surface area contributed by atoms with Crippen LogP contribution < -0.4 is 0 Å². The number of aromatic nitrogens is 1. The van der Waals surface area contributed by atoms with Crippen molar-refractivity contribution in [3.05, 3.63) is 33.0 Å². The van der Waals surface area contributed by atoms with Gasteiger partial charge in [0.05, 0.1) is 12.5 Å². The number of nitriles is 2. The third-order valence-corrected chi connectivity index (χ3v) is 1.97. The van der Waals surface area contributed by atoms with Gasteiger partial charge in [0.25, 0.3) is 6.43 Å². The molecule has 0 spiro atoms. The second kappa shape index (κ2) is 4.94. The highest BCUT2D eigenvalue weighted by atomic mass is 19.3. The van der Waals surface area contributed by atoms with E-state index in [1.807, 2.05) is 0 Å². The maximum Gasteiger partial charge on any atom is 0.372 e. The fourth-order valence-electron chi connectivity index (χ4n) is 1.29. The van der Waals surface area contributed by atoms with Crippen molar-refractivity contribution in [3.63, 3.8) is 0 Å². The second-order valence-corrected chi connectivity index (χ2v) is 2.89. The van der Waals surface area contributed by atoms with E-state index in [0.29, 0.717) is 0 Å². The van der Waals surface area contributed by atoms with Crippen LogP contribution in [0.1, 0.15) is 23.1 Å². The molecule has 1 rings (SSSR count). The van der Waals surface area contributed by atoms with Crippen LogP contribution in [0.25, 0.3) is 0 Å². The van der Waals surface area contributed by atoms with Crippen molar-refractivity contribution < 1.29 is 13.7 Å². The molecule has 0 unspecified atom stereocenters. The first kappa shape index (κ1) is 12.5. The molecule has 0 amide bonds. The molecule has 0 bridgehead atoms. The minimum absolute atomic E-state index is 0.257. The van der Waals surface area contributed by atoms with Crippen LogP contribution >= 0.6 is 0 Å². The lowest BCUT2D eigenvalue weighted by molar-refractivity contribution is -0.391. The van der Waals surface area contributed by atoms with Crippen molar-refractivity contribution in [2.75, 3.05) is 0 Å². The van der Waals surface area contributed by atoms with Crippen molar-refractivity contribution >= 4 is 5.82 Å². The maximum atomic E-state index is 12.7. The Balaban J connectivity index is 3.61. The van der Waals surface area contributed by atoms with E-state index < -0.39 is 29.2 Å². The number of halogens is 2. The summed E-state index contributed by atoms with van der Waals surface area (Å²) in [5.74, 6) is -1.02. The average Bonchev–Trinajstić information content (AvgIpc) is 2.28. The Morgan fingerprint density at radius 1 is 1.53 bits per heavy atom. The Morgan fingerprint density at radius 3 is 2.59 bits per heavy atom. The van der Waals surface area contributed by atoms with Crippen molar-refractivity contribution in [1.82, 2.24) is 4.98 Å². The van der Waals surface area contributed by atoms with Crippen LogP contribution in [0.15, 0.2) is 6.20 Å². The van der Waals surface area contributed by atoms with Gasteiger partial charge in [0, 0.05) is 5.56 Å². The van der Waals surface area contributed by atoms with Gasteiger partial charge in [0.15, 0.2) is 6.20 Å². The monoisotopic (exact) mass is 238 g/mol. The molecule has 0 radical (unpaired) electrons. The third-order valence-electron chi connectivity index (χ3n) is 1.97. The van der Waals surface area contributed by atoms with Crippen LogP contribution in [0, 0.1) is 32.8 Å². The van der Waals surface area contributed by atoms with E-state index in [4.69, 9.17) is 10.5 Å². The number of hydrogen-bond acceptors (Lipinski definition) is 5. The summed E-state index contributed by atoms with van der Waals surface area (Å²) < 4.78 is 25.4. The van der Waals surface area contributed by atoms with E-state index in [9.17, 15) is 18.9 Å². The highest BCUT2D eigenvalue weighted by Crippen LogP contribution is 2.32. The summed E-state index contributed by atoms with van der Waals surface area (Å²) in [6.45, 7) is 0. The number of alkyl halides is 2. The summed E-state index contributed by atoms with van der Waals surface area (Å²) in [5, 5.41) is 27.7. The smallest absolute Gasteiger partial charge is 0.358 e. The van der Waals surface area contributed by atoms with E-state index in [1.54, 1.807) is 12.1 Å². The Bertz CT molecular complexity index is 545. The van der Waals surface area contributed by atoms with E-state index in [2.05, 4.69) is 4.98 Å². The molecule has 1 heterocycles. The van der Waals surface area contributed by atoms with Gasteiger partial charge in [-0.05, 0) is 9.91 Å². The number of rotatable bonds is 3. The zero-order chi connectivity index (χ0) is 13.0. The zero-order valence-corrected chi connectivity index (χ0v) is 8.22. The Hall–Kier alpha value is -2.61. The van der Waals surface area contributed by atoms with Crippen molar-refractivity contribution in [2.45, 2.75) is 12.8 Å². The summed E-state index contributed by atoms with van der Waals surface area (Å²) in [6, 6.07) is 3.16. The molecule has 0 saturated carbocycles. The molecule has 0 aromatic carbocycles. The van der Waals surface area contributed by atoms with Gasteiger partial charge < -0.3 is 10.1 Å². The van der Waals surface area contributed by atoms with Crippen LogP contribution in [-0.2, 0) is 6.42 Å². The average molecular weight is 238 g/mol. The van der Waals surface area contributed by atoms with Crippen LogP contribution in [0.3, 0.4) is 0 Å². The first-order chi connectivity index (χ1) is 8.02. The topological polar surface area (TPSA) is 104 Å². The molecule has 0 fully saturated rings. The Labute approximate surface area is 93.9 Å². The lowest BCUT2D eigenvalue weighted by Gasteiger charge is -2.06. The third kappa shape index (κ3) is 2.32. The lowest BCUT2D eigenvalue weighted by atomic mass is 10.0. The molecular formula is C9H4F2N4O2. The molecule has 0 N–H and O–H groups in total. The summed E-state index contributed by atoms with van der Waals surface area (Å²) in [4.78, 5) is 12.7. The highest BCUT2D eigenvalue weighted by molar-refractivity contribution is 5.50. The van der Waals surface area contributed by atoms with Gasteiger partial charge in [-0.2, -0.15) is 10.5 Å².